The first kappa shape index (κ1) is 10.9. The van der Waals surface area contributed by atoms with Gasteiger partial charge in [0.25, 0.3) is 0 Å². The number of hydrogen-bond acceptors (Lipinski definition) is 4. The Balaban J connectivity index is 2.53. The fourth-order valence-electron chi connectivity index (χ4n) is 1.40. The molecule has 0 fully saturated rings. The average Bonchev–Trinajstić information content (AvgIpc) is 2.30. The van der Waals surface area contributed by atoms with Gasteiger partial charge in [-0.2, -0.15) is 4.98 Å². The highest BCUT2D eigenvalue weighted by atomic mass is 16.2. The Morgan fingerprint density at radius 2 is 1.88 bits per heavy atom. The molecule has 1 heterocycles. The maximum absolute atomic E-state index is 11.2. The molecule has 0 unspecified atom stereocenters. The second kappa shape index (κ2) is 4.48. The summed E-state index contributed by atoms with van der Waals surface area (Å²) in [7, 11) is 0. The number of rotatable bonds is 3. The number of hydrogen-bond donors (Lipinski definition) is 2. The van der Waals surface area contributed by atoms with Crippen molar-refractivity contribution in [2.24, 2.45) is 0 Å². The molecule has 6 nitrogen and oxygen atoms in total. The van der Waals surface area contributed by atoms with E-state index in [4.69, 9.17) is 0 Å². The summed E-state index contributed by atoms with van der Waals surface area (Å²) in [4.78, 5) is 31.9. The summed E-state index contributed by atoms with van der Waals surface area (Å²) in [6.07, 6.45) is 1.47. The van der Waals surface area contributed by atoms with Crippen molar-refractivity contribution in [1.82, 2.24) is 15.0 Å². The molecule has 0 atom stereocenters. The number of aromatic amines is 2. The predicted molar refractivity (Wildman–Crippen MR) is 64.3 cm³/mol. The third-order valence-electron chi connectivity index (χ3n) is 2.10. The molecule has 86 valence electrons. The molecule has 0 bridgehead atoms. The van der Waals surface area contributed by atoms with Crippen LogP contribution in [0.1, 0.15) is 0 Å². The Morgan fingerprint density at radius 1 is 1.18 bits per heavy atom. The van der Waals surface area contributed by atoms with Crippen molar-refractivity contribution in [1.29, 1.82) is 0 Å². The number of nitrogens with one attached hydrogen (secondary N) is 2. The van der Waals surface area contributed by atoms with E-state index in [9.17, 15) is 9.59 Å². The molecule has 1 aromatic carbocycles. The Hall–Kier alpha value is -2.63. The van der Waals surface area contributed by atoms with E-state index in [0.29, 0.717) is 0 Å². The van der Waals surface area contributed by atoms with Crippen molar-refractivity contribution >= 4 is 11.6 Å². The van der Waals surface area contributed by atoms with Crippen molar-refractivity contribution in [3.05, 3.63) is 64.1 Å². The first-order valence-corrected chi connectivity index (χ1v) is 4.88. The van der Waals surface area contributed by atoms with E-state index in [0.717, 1.165) is 5.69 Å². The van der Waals surface area contributed by atoms with Crippen LogP contribution in [0.25, 0.3) is 0 Å². The first-order valence-electron chi connectivity index (χ1n) is 4.88. The van der Waals surface area contributed by atoms with E-state index in [-0.39, 0.29) is 5.95 Å². The minimum absolute atomic E-state index is 0.125. The maximum Gasteiger partial charge on any atom is 0.352 e. The predicted octanol–water partition coefficient (Wildman–Crippen LogP) is 0.740. The van der Waals surface area contributed by atoms with Crippen LogP contribution in [0.4, 0.5) is 11.6 Å². The molecular weight excluding hydrogens is 220 g/mol. The van der Waals surface area contributed by atoms with Crippen LogP contribution in [0.15, 0.2) is 52.7 Å². The fraction of sp³-hybridized carbons (Fsp3) is 0. The maximum atomic E-state index is 11.2. The Bertz CT molecular complexity index is 601. The lowest BCUT2D eigenvalue weighted by Gasteiger charge is -2.17. The molecule has 0 spiro atoms. The lowest BCUT2D eigenvalue weighted by atomic mass is 10.3. The summed E-state index contributed by atoms with van der Waals surface area (Å²) in [6.45, 7) is 3.62. The molecule has 1 aromatic heterocycles. The molecule has 2 N–H and O–H groups in total. The van der Waals surface area contributed by atoms with Crippen LogP contribution >= 0.6 is 0 Å². The number of benzene rings is 1. The van der Waals surface area contributed by atoms with Gasteiger partial charge >= 0.3 is 11.4 Å². The van der Waals surface area contributed by atoms with Crippen molar-refractivity contribution in [3.63, 3.8) is 0 Å². The standard InChI is InChI=1S/C11H10N4O2/c1-2-15(8-6-4-3-5-7-8)9-12-10(16)14-11(17)13-9/h2-7H,1H2,(H2,12,13,14,16,17). The molecule has 0 aliphatic carbocycles. The number of H-pyrrole nitrogens is 2. The first-order chi connectivity index (χ1) is 8.20. The SMILES string of the molecule is C=CN(c1ccccc1)c1nc(=O)[nH]c(=O)[nH]1. The van der Waals surface area contributed by atoms with Crippen LogP contribution in [0, 0.1) is 0 Å². The van der Waals surface area contributed by atoms with Gasteiger partial charge < -0.3 is 0 Å². The van der Waals surface area contributed by atoms with E-state index in [1.807, 2.05) is 35.3 Å². The number of nitrogens with zero attached hydrogens (tertiary/aromatic N) is 2. The molecule has 0 saturated carbocycles. The number of para-hydroxylation sites is 1. The third kappa shape index (κ3) is 2.31. The summed E-state index contributed by atoms with van der Waals surface area (Å²) >= 11 is 0. The molecule has 0 aliphatic rings. The molecule has 0 saturated heterocycles. The van der Waals surface area contributed by atoms with Gasteiger partial charge in [-0.25, -0.2) is 9.59 Å². The monoisotopic (exact) mass is 230 g/mol. The topological polar surface area (TPSA) is 81.8 Å². The largest absolute Gasteiger partial charge is 0.352 e. The highest BCUT2D eigenvalue weighted by Crippen LogP contribution is 2.19. The van der Waals surface area contributed by atoms with Crippen LogP contribution in [0.3, 0.4) is 0 Å². The van der Waals surface area contributed by atoms with Crippen molar-refractivity contribution in [2.45, 2.75) is 0 Å². The Morgan fingerprint density at radius 3 is 2.47 bits per heavy atom. The second-order valence-corrected chi connectivity index (χ2v) is 3.21. The van der Waals surface area contributed by atoms with Crippen LogP contribution < -0.4 is 16.3 Å². The van der Waals surface area contributed by atoms with Gasteiger partial charge in [0.1, 0.15) is 0 Å². The van der Waals surface area contributed by atoms with Crippen LogP contribution in [-0.2, 0) is 0 Å². The zero-order valence-corrected chi connectivity index (χ0v) is 8.88. The van der Waals surface area contributed by atoms with Gasteiger partial charge in [0, 0.05) is 11.9 Å². The molecule has 2 rings (SSSR count). The minimum Gasteiger partial charge on any atom is -0.288 e. The van der Waals surface area contributed by atoms with Gasteiger partial charge in [-0.15, -0.1) is 0 Å². The van der Waals surface area contributed by atoms with Crippen LogP contribution in [-0.4, -0.2) is 15.0 Å². The number of anilines is 2. The molecule has 2 aromatic rings. The molecule has 0 amide bonds. The van der Waals surface area contributed by atoms with E-state index < -0.39 is 11.4 Å². The second-order valence-electron chi connectivity index (χ2n) is 3.21. The normalized spacial score (nSPS) is 9.88. The van der Waals surface area contributed by atoms with E-state index in [1.54, 1.807) is 0 Å². The van der Waals surface area contributed by atoms with Gasteiger partial charge in [-0.05, 0) is 12.1 Å². The molecule has 6 heteroatoms. The number of aromatic nitrogens is 3. The van der Waals surface area contributed by atoms with E-state index in [2.05, 4.69) is 16.5 Å². The highest BCUT2D eigenvalue weighted by molar-refractivity contribution is 5.59. The fourth-order valence-corrected chi connectivity index (χ4v) is 1.40. The lowest BCUT2D eigenvalue weighted by molar-refractivity contribution is 0.915. The summed E-state index contributed by atoms with van der Waals surface area (Å²) in [5, 5.41) is 0. The van der Waals surface area contributed by atoms with E-state index in [1.165, 1.54) is 11.1 Å². The Kier molecular flexibility index (Phi) is 2.87. The highest BCUT2D eigenvalue weighted by Gasteiger charge is 2.08. The lowest BCUT2D eigenvalue weighted by Crippen LogP contribution is -2.28. The van der Waals surface area contributed by atoms with E-state index >= 15 is 0 Å². The van der Waals surface area contributed by atoms with Crippen LogP contribution in [0.5, 0.6) is 0 Å². The summed E-state index contributed by atoms with van der Waals surface area (Å²) in [5.41, 5.74) is -0.564. The van der Waals surface area contributed by atoms with Crippen molar-refractivity contribution < 1.29 is 0 Å². The zero-order valence-electron chi connectivity index (χ0n) is 8.88. The van der Waals surface area contributed by atoms with Crippen molar-refractivity contribution in [2.75, 3.05) is 4.90 Å². The molecule has 0 aliphatic heterocycles. The minimum atomic E-state index is -0.702. The zero-order chi connectivity index (χ0) is 12.3. The molecule has 17 heavy (non-hydrogen) atoms. The van der Waals surface area contributed by atoms with Gasteiger partial charge in [-0.1, -0.05) is 24.8 Å². The summed E-state index contributed by atoms with van der Waals surface area (Å²) < 4.78 is 0. The molecule has 0 radical (unpaired) electrons. The van der Waals surface area contributed by atoms with Gasteiger partial charge in [-0.3, -0.25) is 14.9 Å². The quantitative estimate of drug-likeness (QED) is 0.814. The molecular formula is C11H10N4O2. The average molecular weight is 230 g/mol. The van der Waals surface area contributed by atoms with Gasteiger partial charge in [0.05, 0.1) is 0 Å². The van der Waals surface area contributed by atoms with Gasteiger partial charge in [0.15, 0.2) is 0 Å². The van der Waals surface area contributed by atoms with Crippen LogP contribution in [0.2, 0.25) is 0 Å². The summed E-state index contributed by atoms with van der Waals surface area (Å²) in [5.74, 6) is 0.125. The van der Waals surface area contributed by atoms with Crippen molar-refractivity contribution in [3.8, 4) is 0 Å². The smallest absolute Gasteiger partial charge is 0.288 e. The third-order valence-corrected chi connectivity index (χ3v) is 2.10. The van der Waals surface area contributed by atoms with Gasteiger partial charge in [0.2, 0.25) is 5.95 Å². The Labute approximate surface area is 96.3 Å². The summed E-state index contributed by atoms with van der Waals surface area (Å²) in [6, 6.07) is 9.14.